The molecule has 0 spiro atoms. The Hall–Kier alpha value is -1.59. The van der Waals surface area contributed by atoms with Gasteiger partial charge in [0.1, 0.15) is 6.10 Å². The molecule has 0 fully saturated rings. The fraction of sp³-hybridized carbons (Fsp3) is 0.533. The fourth-order valence-corrected chi connectivity index (χ4v) is 1.87. The van der Waals surface area contributed by atoms with Crippen molar-refractivity contribution in [3.8, 4) is 0 Å². The van der Waals surface area contributed by atoms with E-state index in [0.29, 0.717) is 11.3 Å². The maximum Gasteiger partial charge on any atom is 0.308 e. The van der Waals surface area contributed by atoms with E-state index in [4.69, 9.17) is 5.73 Å². The summed E-state index contributed by atoms with van der Waals surface area (Å²) in [6.45, 7) is 6.12. The highest BCUT2D eigenvalue weighted by molar-refractivity contribution is 5.70. The van der Waals surface area contributed by atoms with Gasteiger partial charge in [0.2, 0.25) is 0 Å². The Labute approximate surface area is 119 Å². The van der Waals surface area contributed by atoms with Crippen LogP contribution in [-0.2, 0) is 14.9 Å². The summed E-state index contributed by atoms with van der Waals surface area (Å²) in [5, 5.41) is 20.1. The average molecular weight is 281 g/mol. The fourth-order valence-electron chi connectivity index (χ4n) is 1.87. The van der Waals surface area contributed by atoms with Gasteiger partial charge < -0.3 is 20.7 Å². The molecule has 5 nitrogen and oxygen atoms in total. The zero-order chi connectivity index (χ0) is 15.5. The van der Waals surface area contributed by atoms with E-state index < -0.39 is 18.2 Å². The minimum Gasteiger partial charge on any atom is -0.469 e. The number of anilines is 1. The lowest BCUT2D eigenvalue weighted by atomic mass is 9.84. The van der Waals surface area contributed by atoms with Gasteiger partial charge in [-0.2, -0.15) is 0 Å². The Morgan fingerprint density at radius 1 is 1.35 bits per heavy atom. The Balaban J connectivity index is 3.03. The number of methoxy groups -OCH3 is 1. The smallest absolute Gasteiger partial charge is 0.308 e. The van der Waals surface area contributed by atoms with E-state index in [1.165, 1.54) is 7.11 Å². The van der Waals surface area contributed by atoms with Crippen molar-refractivity contribution in [1.29, 1.82) is 0 Å². The molecule has 5 heteroatoms. The van der Waals surface area contributed by atoms with Crippen molar-refractivity contribution in [3.05, 3.63) is 29.3 Å². The maximum absolute atomic E-state index is 11.1. The van der Waals surface area contributed by atoms with Crippen LogP contribution in [0.2, 0.25) is 0 Å². The van der Waals surface area contributed by atoms with Crippen molar-refractivity contribution in [2.45, 2.75) is 44.8 Å². The average Bonchev–Trinajstić information content (AvgIpc) is 2.36. The third kappa shape index (κ3) is 3.95. The number of aliphatic hydroxyl groups excluding tert-OH is 2. The molecule has 0 heterocycles. The second-order valence-corrected chi connectivity index (χ2v) is 5.89. The van der Waals surface area contributed by atoms with Crippen LogP contribution in [0.15, 0.2) is 18.2 Å². The summed E-state index contributed by atoms with van der Waals surface area (Å²) >= 11 is 0. The van der Waals surface area contributed by atoms with Gasteiger partial charge in [0.05, 0.1) is 19.6 Å². The van der Waals surface area contributed by atoms with Gasteiger partial charge in [-0.1, -0.05) is 32.9 Å². The van der Waals surface area contributed by atoms with E-state index in [1.807, 2.05) is 26.8 Å². The molecule has 0 aromatic heterocycles. The van der Waals surface area contributed by atoms with E-state index >= 15 is 0 Å². The van der Waals surface area contributed by atoms with Crippen molar-refractivity contribution in [3.63, 3.8) is 0 Å². The van der Waals surface area contributed by atoms with E-state index in [0.717, 1.165) is 5.56 Å². The number of nitrogens with two attached hydrogens (primary N) is 1. The van der Waals surface area contributed by atoms with Gasteiger partial charge in [0, 0.05) is 11.3 Å². The number of hydrogen-bond acceptors (Lipinski definition) is 5. The Morgan fingerprint density at radius 2 is 1.95 bits per heavy atom. The lowest BCUT2D eigenvalue weighted by Crippen LogP contribution is -2.24. The highest BCUT2D eigenvalue weighted by Gasteiger charge is 2.25. The first-order valence-electron chi connectivity index (χ1n) is 6.49. The van der Waals surface area contributed by atoms with Crippen LogP contribution in [0.25, 0.3) is 0 Å². The molecule has 1 rings (SSSR count). The monoisotopic (exact) mass is 281 g/mol. The third-order valence-corrected chi connectivity index (χ3v) is 3.24. The molecule has 2 unspecified atom stereocenters. The van der Waals surface area contributed by atoms with Crippen molar-refractivity contribution >= 4 is 11.7 Å². The number of carbonyl (C=O) groups is 1. The van der Waals surface area contributed by atoms with Crippen LogP contribution in [0.4, 0.5) is 5.69 Å². The molecule has 0 amide bonds. The van der Waals surface area contributed by atoms with Crippen molar-refractivity contribution in [2.75, 3.05) is 12.8 Å². The zero-order valence-electron chi connectivity index (χ0n) is 12.4. The molecule has 0 aliphatic heterocycles. The summed E-state index contributed by atoms with van der Waals surface area (Å²) in [5.74, 6) is -0.581. The molecule has 0 bridgehead atoms. The SMILES string of the molecule is COC(=O)CC(O)C(O)c1cc(C(C)(C)C)ccc1N. The van der Waals surface area contributed by atoms with E-state index in [-0.39, 0.29) is 11.8 Å². The standard InChI is InChI=1S/C15H23NO4/c1-15(2,3)9-5-6-11(16)10(7-9)14(19)12(17)8-13(18)20-4/h5-7,12,14,17,19H,8,16H2,1-4H3. The van der Waals surface area contributed by atoms with Crippen LogP contribution in [0.5, 0.6) is 0 Å². The second-order valence-electron chi connectivity index (χ2n) is 5.89. The molecular weight excluding hydrogens is 258 g/mol. The predicted octanol–water partition coefficient (Wildman–Crippen LogP) is 1.52. The second kappa shape index (κ2) is 6.24. The molecule has 0 saturated heterocycles. The third-order valence-electron chi connectivity index (χ3n) is 3.24. The largest absolute Gasteiger partial charge is 0.469 e. The van der Waals surface area contributed by atoms with Crippen molar-refractivity contribution < 1.29 is 19.7 Å². The number of hydrogen-bond donors (Lipinski definition) is 3. The first-order valence-corrected chi connectivity index (χ1v) is 6.49. The predicted molar refractivity (Wildman–Crippen MR) is 77.2 cm³/mol. The summed E-state index contributed by atoms with van der Waals surface area (Å²) < 4.78 is 4.47. The Morgan fingerprint density at radius 3 is 2.45 bits per heavy atom. The van der Waals surface area contributed by atoms with Gasteiger partial charge in [-0.25, -0.2) is 0 Å². The normalized spacial score (nSPS) is 14.7. The number of esters is 1. The highest BCUT2D eigenvalue weighted by atomic mass is 16.5. The molecule has 0 radical (unpaired) electrons. The molecule has 4 N–H and O–H groups in total. The van der Waals surface area contributed by atoms with E-state index in [9.17, 15) is 15.0 Å². The van der Waals surface area contributed by atoms with Crippen LogP contribution in [0, 0.1) is 0 Å². The molecular formula is C15H23NO4. The van der Waals surface area contributed by atoms with Gasteiger partial charge in [0.25, 0.3) is 0 Å². The minimum atomic E-state index is -1.25. The molecule has 0 aliphatic carbocycles. The first-order chi connectivity index (χ1) is 9.16. The number of benzene rings is 1. The van der Waals surface area contributed by atoms with Crippen LogP contribution in [-0.4, -0.2) is 29.4 Å². The van der Waals surface area contributed by atoms with Crippen molar-refractivity contribution in [2.24, 2.45) is 0 Å². The summed E-state index contributed by atoms with van der Waals surface area (Å²) in [6.07, 6.45) is -2.76. The molecule has 112 valence electrons. The van der Waals surface area contributed by atoms with E-state index in [1.54, 1.807) is 12.1 Å². The number of carbonyl (C=O) groups excluding carboxylic acids is 1. The van der Waals surface area contributed by atoms with Gasteiger partial charge in [-0.3, -0.25) is 4.79 Å². The Bertz CT molecular complexity index is 479. The number of aliphatic hydroxyl groups is 2. The van der Waals surface area contributed by atoms with Gasteiger partial charge in [-0.15, -0.1) is 0 Å². The maximum atomic E-state index is 11.1. The van der Waals surface area contributed by atoms with Crippen LogP contribution < -0.4 is 5.73 Å². The van der Waals surface area contributed by atoms with Gasteiger partial charge in [0.15, 0.2) is 0 Å². The zero-order valence-corrected chi connectivity index (χ0v) is 12.4. The van der Waals surface area contributed by atoms with Crippen LogP contribution in [0.1, 0.15) is 44.4 Å². The summed E-state index contributed by atoms with van der Waals surface area (Å²) in [7, 11) is 1.23. The van der Waals surface area contributed by atoms with Crippen LogP contribution in [0.3, 0.4) is 0 Å². The number of nitrogen functional groups attached to an aromatic ring is 1. The summed E-state index contributed by atoms with van der Waals surface area (Å²) in [5.41, 5.74) is 7.55. The lowest BCUT2D eigenvalue weighted by Gasteiger charge is -2.24. The van der Waals surface area contributed by atoms with Gasteiger partial charge in [-0.05, 0) is 17.0 Å². The lowest BCUT2D eigenvalue weighted by molar-refractivity contribution is -0.144. The minimum absolute atomic E-state index is 0.102. The van der Waals surface area contributed by atoms with Gasteiger partial charge >= 0.3 is 5.97 Å². The molecule has 1 aromatic rings. The molecule has 1 aromatic carbocycles. The summed E-state index contributed by atoms with van der Waals surface area (Å²) in [4.78, 5) is 11.1. The summed E-state index contributed by atoms with van der Waals surface area (Å²) in [6, 6.07) is 5.35. The quantitative estimate of drug-likeness (QED) is 0.575. The number of ether oxygens (including phenoxy) is 1. The molecule has 2 atom stereocenters. The highest BCUT2D eigenvalue weighted by Crippen LogP contribution is 2.30. The molecule has 0 aliphatic rings. The van der Waals surface area contributed by atoms with Crippen LogP contribution >= 0.6 is 0 Å². The van der Waals surface area contributed by atoms with Crippen molar-refractivity contribution in [1.82, 2.24) is 0 Å². The first kappa shape index (κ1) is 16.5. The Kier molecular flexibility index (Phi) is 5.14. The van der Waals surface area contributed by atoms with E-state index in [2.05, 4.69) is 4.74 Å². The topological polar surface area (TPSA) is 92.8 Å². The molecule has 20 heavy (non-hydrogen) atoms. The molecule has 0 saturated carbocycles. The number of rotatable bonds is 4.